The number of aliphatic hydroxyl groups excluding tert-OH is 1. The Hall–Kier alpha value is -1.71. The Balaban J connectivity index is 1.93. The lowest BCUT2D eigenvalue weighted by Crippen LogP contribution is -2.11. The van der Waals surface area contributed by atoms with Gasteiger partial charge in [-0.05, 0) is 42.0 Å². The number of ether oxygens (including phenoxy) is 1. The third kappa shape index (κ3) is 3.88. The molecule has 2 rings (SSSR count). The van der Waals surface area contributed by atoms with E-state index in [2.05, 4.69) is 5.32 Å². The first-order chi connectivity index (χ1) is 9.19. The number of aliphatic hydroxyl groups is 1. The van der Waals surface area contributed by atoms with Gasteiger partial charge in [-0.3, -0.25) is 0 Å². The van der Waals surface area contributed by atoms with Crippen LogP contribution in [0, 0.1) is 0 Å². The third-order valence-corrected chi connectivity index (χ3v) is 3.10. The fraction of sp³-hybridized carbons (Fsp3) is 0.200. The normalized spacial score (nSPS) is 11.9. The van der Waals surface area contributed by atoms with Crippen LogP contribution in [-0.4, -0.2) is 18.8 Å². The first-order valence-electron chi connectivity index (χ1n) is 6.00. The Bertz CT molecular complexity index is 511. The highest BCUT2D eigenvalue weighted by Crippen LogP contribution is 2.19. The zero-order valence-corrected chi connectivity index (χ0v) is 11.4. The van der Waals surface area contributed by atoms with E-state index in [4.69, 9.17) is 16.3 Å². The molecule has 0 amide bonds. The van der Waals surface area contributed by atoms with Gasteiger partial charge in [0.2, 0.25) is 0 Å². The topological polar surface area (TPSA) is 41.5 Å². The van der Waals surface area contributed by atoms with Crippen LogP contribution in [0.5, 0.6) is 5.75 Å². The van der Waals surface area contributed by atoms with E-state index in [1.54, 1.807) is 7.11 Å². The van der Waals surface area contributed by atoms with E-state index in [1.165, 1.54) is 0 Å². The number of anilines is 1. The van der Waals surface area contributed by atoms with E-state index in [0.717, 1.165) is 17.0 Å². The van der Waals surface area contributed by atoms with Crippen LogP contribution in [0.2, 0.25) is 5.02 Å². The van der Waals surface area contributed by atoms with Gasteiger partial charge in [-0.15, -0.1) is 0 Å². The van der Waals surface area contributed by atoms with Gasteiger partial charge in [0.15, 0.2) is 0 Å². The fourth-order valence-electron chi connectivity index (χ4n) is 1.73. The largest absolute Gasteiger partial charge is 0.497 e. The molecule has 0 fully saturated rings. The molecular formula is C15H16ClNO2. The minimum atomic E-state index is -0.568. The van der Waals surface area contributed by atoms with E-state index >= 15 is 0 Å². The molecular weight excluding hydrogens is 262 g/mol. The summed E-state index contributed by atoms with van der Waals surface area (Å²) in [6.07, 6.45) is -0.568. The van der Waals surface area contributed by atoms with Crippen molar-refractivity contribution in [2.75, 3.05) is 19.0 Å². The Morgan fingerprint density at radius 2 is 1.74 bits per heavy atom. The summed E-state index contributed by atoms with van der Waals surface area (Å²) in [6, 6.07) is 14.8. The first kappa shape index (κ1) is 13.7. The average molecular weight is 278 g/mol. The SMILES string of the molecule is COc1ccc([C@@H](O)CNc2ccc(Cl)cc2)cc1. The van der Waals surface area contributed by atoms with E-state index in [1.807, 2.05) is 48.5 Å². The molecule has 0 saturated carbocycles. The molecule has 0 bridgehead atoms. The molecule has 2 aromatic carbocycles. The molecule has 0 aromatic heterocycles. The summed E-state index contributed by atoms with van der Waals surface area (Å²) < 4.78 is 5.08. The van der Waals surface area contributed by atoms with Gasteiger partial charge in [-0.25, -0.2) is 0 Å². The van der Waals surface area contributed by atoms with Gasteiger partial charge in [0.25, 0.3) is 0 Å². The maximum Gasteiger partial charge on any atom is 0.118 e. The van der Waals surface area contributed by atoms with Crippen molar-refractivity contribution in [3.8, 4) is 5.75 Å². The zero-order chi connectivity index (χ0) is 13.7. The number of hydrogen-bond acceptors (Lipinski definition) is 3. The van der Waals surface area contributed by atoms with Crippen LogP contribution in [0.4, 0.5) is 5.69 Å². The molecule has 2 N–H and O–H groups in total. The fourth-order valence-corrected chi connectivity index (χ4v) is 1.85. The quantitative estimate of drug-likeness (QED) is 0.879. The lowest BCUT2D eigenvalue weighted by atomic mass is 10.1. The van der Waals surface area contributed by atoms with Crippen molar-refractivity contribution in [2.24, 2.45) is 0 Å². The number of benzene rings is 2. The minimum Gasteiger partial charge on any atom is -0.497 e. The van der Waals surface area contributed by atoms with Crippen molar-refractivity contribution >= 4 is 17.3 Å². The summed E-state index contributed by atoms with van der Waals surface area (Å²) in [5.41, 5.74) is 1.78. The first-order valence-corrected chi connectivity index (χ1v) is 6.38. The van der Waals surface area contributed by atoms with Crippen LogP contribution in [0.25, 0.3) is 0 Å². The second-order valence-electron chi connectivity index (χ2n) is 4.18. The number of methoxy groups -OCH3 is 1. The zero-order valence-electron chi connectivity index (χ0n) is 10.6. The lowest BCUT2D eigenvalue weighted by molar-refractivity contribution is 0.191. The lowest BCUT2D eigenvalue weighted by Gasteiger charge is -2.13. The van der Waals surface area contributed by atoms with E-state index in [0.29, 0.717) is 11.6 Å². The van der Waals surface area contributed by atoms with Crippen LogP contribution in [0.3, 0.4) is 0 Å². The monoisotopic (exact) mass is 277 g/mol. The molecule has 4 heteroatoms. The summed E-state index contributed by atoms with van der Waals surface area (Å²) in [5, 5.41) is 13.9. The molecule has 19 heavy (non-hydrogen) atoms. The molecule has 0 radical (unpaired) electrons. The summed E-state index contributed by atoms with van der Waals surface area (Å²) >= 11 is 5.81. The second kappa shape index (κ2) is 6.45. The molecule has 0 unspecified atom stereocenters. The molecule has 3 nitrogen and oxygen atoms in total. The van der Waals surface area contributed by atoms with Gasteiger partial charge in [-0.2, -0.15) is 0 Å². The summed E-state index contributed by atoms with van der Waals surface area (Å²) in [7, 11) is 1.62. The van der Waals surface area contributed by atoms with Crippen molar-refractivity contribution in [2.45, 2.75) is 6.10 Å². The van der Waals surface area contributed by atoms with Crippen LogP contribution in [0.15, 0.2) is 48.5 Å². The van der Waals surface area contributed by atoms with E-state index in [-0.39, 0.29) is 0 Å². The van der Waals surface area contributed by atoms with Crippen LogP contribution in [-0.2, 0) is 0 Å². The van der Waals surface area contributed by atoms with Crippen molar-refractivity contribution in [3.63, 3.8) is 0 Å². The summed E-state index contributed by atoms with van der Waals surface area (Å²) in [5.74, 6) is 0.779. The standard InChI is InChI=1S/C15H16ClNO2/c1-19-14-8-2-11(3-9-14)15(18)10-17-13-6-4-12(16)5-7-13/h2-9,15,17-18H,10H2,1H3/t15-/m0/s1. The van der Waals surface area contributed by atoms with Gasteiger partial charge in [0, 0.05) is 17.3 Å². The van der Waals surface area contributed by atoms with E-state index in [9.17, 15) is 5.11 Å². The number of hydrogen-bond donors (Lipinski definition) is 2. The van der Waals surface area contributed by atoms with Crippen molar-refractivity contribution in [1.29, 1.82) is 0 Å². The molecule has 0 spiro atoms. The highest BCUT2D eigenvalue weighted by atomic mass is 35.5. The van der Waals surface area contributed by atoms with Crippen molar-refractivity contribution < 1.29 is 9.84 Å². The number of rotatable bonds is 5. The van der Waals surface area contributed by atoms with Crippen LogP contribution in [0.1, 0.15) is 11.7 Å². The Kier molecular flexibility index (Phi) is 4.66. The third-order valence-electron chi connectivity index (χ3n) is 2.84. The Labute approximate surface area is 117 Å². The Morgan fingerprint density at radius 3 is 2.32 bits per heavy atom. The highest BCUT2D eigenvalue weighted by molar-refractivity contribution is 6.30. The van der Waals surface area contributed by atoms with Gasteiger partial charge < -0.3 is 15.2 Å². The van der Waals surface area contributed by atoms with Gasteiger partial charge in [-0.1, -0.05) is 23.7 Å². The molecule has 0 aliphatic rings. The van der Waals surface area contributed by atoms with Crippen LogP contribution < -0.4 is 10.1 Å². The maximum atomic E-state index is 10.1. The molecule has 0 aliphatic carbocycles. The molecule has 1 atom stereocenters. The molecule has 0 heterocycles. The molecule has 2 aromatic rings. The van der Waals surface area contributed by atoms with Gasteiger partial charge in [0.1, 0.15) is 5.75 Å². The average Bonchev–Trinajstić information content (AvgIpc) is 2.46. The van der Waals surface area contributed by atoms with Crippen molar-refractivity contribution in [1.82, 2.24) is 0 Å². The summed E-state index contributed by atoms with van der Waals surface area (Å²) in [6.45, 7) is 0.438. The molecule has 0 saturated heterocycles. The molecule has 100 valence electrons. The van der Waals surface area contributed by atoms with Gasteiger partial charge >= 0.3 is 0 Å². The van der Waals surface area contributed by atoms with E-state index < -0.39 is 6.10 Å². The number of halogens is 1. The van der Waals surface area contributed by atoms with Crippen LogP contribution >= 0.6 is 11.6 Å². The summed E-state index contributed by atoms with van der Waals surface area (Å²) in [4.78, 5) is 0. The maximum absolute atomic E-state index is 10.1. The number of nitrogens with one attached hydrogen (secondary N) is 1. The second-order valence-corrected chi connectivity index (χ2v) is 4.61. The Morgan fingerprint density at radius 1 is 1.11 bits per heavy atom. The smallest absolute Gasteiger partial charge is 0.118 e. The minimum absolute atomic E-state index is 0.438. The van der Waals surface area contributed by atoms with Crippen molar-refractivity contribution in [3.05, 3.63) is 59.1 Å². The van der Waals surface area contributed by atoms with Gasteiger partial charge in [0.05, 0.1) is 13.2 Å². The highest BCUT2D eigenvalue weighted by Gasteiger charge is 2.07. The predicted octanol–water partition coefficient (Wildman–Crippen LogP) is 3.49. The molecule has 0 aliphatic heterocycles. The predicted molar refractivity (Wildman–Crippen MR) is 77.9 cm³/mol.